The molecule has 0 radical (unpaired) electrons. The summed E-state index contributed by atoms with van der Waals surface area (Å²) in [5, 5.41) is 23.4. The highest BCUT2D eigenvalue weighted by Crippen LogP contribution is 2.19. The molecule has 0 aromatic rings. The van der Waals surface area contributed by atoms with E-state index in [2.05, 4.69) is 19.2 Å². The minimum Gasteiger partial charge on any atom is -0.466 e. The molecular weight excluding hydrogens is 839 g/mol. The van der Waals surface area contributed by atoms with Crippen molar-refractivity contribution in [2.45, 2.75) is 373 Å². The number of hydrogen-bond donors (Lipinski definition) is 3. The molecule has 6 heteroatoms. The fourth-order valence-corrected chi connectivity index (χ4v) is 10.1. The zero-order chi connectivity index (χ0) is 49.3. The van der Waals surface area contributed by atoms with E-state index in [0.717, 1.165) is 51.4 Å². The van der Waals surface area contributed by atoms with Crippen molar-refractivity contribution in [3.05, 3.63) is 0 Å². The van der Waals surface area contributed by atoms with Crippen molar-refractivity contribution in [3.8, 4) is 0 Å². The third-order valence-electron chi connectivity index (χ3n) is 14.9. The Morgan fingerprint density at radius 3 is 0.897 bits per heavy atom. The number of aliphatic hydroxyl groups is 2. The summed E-state index contributed by atoms with van der Waals surface area (Å²) in [6, 6.07) is -0.551. The lowest BCUT2D eigenvalue weighted by Gasteiger charge is -2.22. The Hall–Kier alpha value is -1.14. The first kappa shape index (κ1) is 66.9. The molecule has 68 heavy (non-hydrogen) atoms. The van der Waals surface area contributed by atoms with Gasteiger partial charge in [0.25, 0.3) is 0 Å². The first-order chi connectivity index (χ1) is 33.5. The molecule has 0 spiro atoms. The number of unbranched alkanes of at least 4 members (excludes halogenated alkanes) is 48. The summed E-state index contributed by atoms with van der Waals surface area (Å²) in [6.07, 6.45) is 68.2. The molecular formula is C62H123NO5. The minimum atomic E-state index is -0.673. The molecule has 0 aliphatic rings. The van der Waals surface area contributed by atoms with Crippen LogP contribution < -0.4 is 5.32 Å². The summed E-state index contributed by atoms with van der Waals surface area (Å²) in [4.78, 5) is 24.6. The van der Waals surface area contributed by atoms with Gasteiger partial charge in [0.05, 0.1) is 25.4 Å². The summed E-state index contributed by atoms with van der Waals surface area (Å²) in [7, 11) is 0. The van der Waals surface area contributed by atoms with Gasteiger partial charge in [0.15, 0.2) is 0 Å². The zero-order valence-corrected chi connectivity index (χ0v) is 46.4. The molecule has 3 N–H and O–H groups in total. The second kappa shape index (κ2) is 58.4. The predicted molar refractivity (Wildman–Crippen MR) is 297 cm³/mol. The molecule has 0 aromatic carbocycles. The Balaban J connectivity index is 3.42. The van der Waals surface area contributed by atoms with Crippen LogP contribution in [0.15, 0.2) is 0 Å². The number of carbonyl (C=O) groups is 2. The molecule has 0 bridgehead atoms. The van der Waals surface area contributed by atoms with E-state index in [1.54, 1.807) is 0 Å². The zero-order valence-electron chi connectivity index (χ0n) is 46.4. The lowest BCUT2D eigenvalue weighted by Crippen LogP contribution is -2.45. The van der Waals surface area contributed by atoms with Crippen molar-refractivity contribution >= 4 is 11.9 Å². The fourth-order valence-electron chi connectivity index (χ4n) is 10.1. The lowest BCUT2D eigenvalue weighted by molar-refractivity contribution is -0.143. The molecule has 0 saturated carbocycles. The van der Waals surface area contributed by atoms with Gasteiger partial charge in [-0.05, 0) is 25.7 Å². The summed E-state index contributed by atoms with van der Waals surface area (Å²) in [5.41, 5.74) is 0. The maximum Gasteiger partial charge on any atom is 0.305 e. The molecule has 2 unspecified atom stereocenters. The number of hydrogen-bond acceptors (Lipinski definition) is 5. The third kappa shape index (κ3) is 54.2. The standard InChI is InChI=1S/C62H123NO5/c1-3-5-7-9-11-13-15-17-19-20-21-22-23-24-25-26-28-30-34-38-42-46-50-54-60(65)59(58-64)63-61(66)55-51-47-43-39-35-31-29-33-37-41-45-49-53-57-68-62(67)56-52-48-44-40-36-32-27-18-16-14-12-10-8-6-4-2/h59-60,64-65H,3-58H2,1-2H3,(H,63,66). The van der Waals surface area contributed by atoms with Crippen LogP contribution in [0.5, 0.6) is 0 Å². The van der Waals surface area contributed by atoms with Crippen LogP contribution in [-0.4, -0.2) is 47.4 Å². The number of carbonyl (C=O) groups excluding carboxylic acids is 2. The SMILES string of the molecule is CCCCCCCCCCCCCCCCCCCCCCCCCC(O)C(CO)NC(=O)CCCCCCCCCCCCCCCOC(=O)CCCCCCCCCCCCCCCCC. The lowest BCUT2D eigenvalue weighted by atomic mass is 10.0. The van der Waals surface area contributed by atoms with E-state index in [9.17, 15) is 19.8 Å². The molecule has 0 aliphatic heterocycles. The number of esters is 1. The number of ether oxygens (including phenoxy) is 1. The molecule has 0 fully saturated rings. The highest BCUT2D eigenvalue weighted by molar-refractivity contribution is 5.76. The van der Waals surface area contributed by atoms with Crippen LogP contribution in [0.25, 0.3) is 0 Å². The highest BCUT2D eigenvalue weighted by Gasteiger charge is 2.20. The van der Waals surface area contributed by atoms with Gasteiger partial charge < -0.3 is 20.3 Å². The first-order valence-corrected chi connectivity index (χ1v) is 31.3. The second-order valence-electron chi connectivity index (χ2n) is 21.8. The predicted octanol–water partition coefficient (Wildman–Crippen LogP) is 19.5. The Labute approximate surface area is 426 Å². The topological polar surface area (TPSA) is 95.9 Å². The van der Waals surface area contributed by atoms with Gasteiger partial charge in [-0.1, -0.05) is 322 Å². The van der Waals surface area contributed by atoms with Crippen molar-refractivity contribution in [2.24, 2.45) is 0 Å². The Kier molecular flexibility index (Phi) is 57.5. The van der Waals surface area contributed by atoms with E-state index in [4.69, 9.17) is 4.74 Å². The number of nitrogens with one attached hydrogen (secondary N) is 1. The van der Waals surface area contributed by atoms with Gasteiger partial charge in [-0.3, -0.25) is 9.59 Å². The molecule has 0 aromatic heterocycles. The largest absolute Gasteiger partial charge is 0.466 e. The van der Waals surface area contributed by atoms with Gasteiger partial charge in [-0.15, -0.1) is 0 Å². The van der Waals surface area contributed by atoms with E-state index in [-0.39, 0.29) is 18.5 Å². The smallest absolute Gasteiger partial charge is 0.305 e. The number of amides is 1. The van der Waals surface area contributed by atoms with E-state index in [1.807, 2.05) is 0 Å². The molecule has 6 nitrogen and oxygen atoms in total. The van der Waals surface area contributed by atoms with Crippen molar-refractivity contribution in [1.82, 2.24) is 5.32 Å². The van der Waals surface area contributed by atoms with Crippen LogP contribution in [0.4, 0.5) is 0 Å². The Morgan fingerprint density at radius 2 is 0.603 bits per heavy atom. The monoisotopic (exact) mass is 962 g/mol. The molecule has 2 atom stereocenters. The highest BCUT2D eigenvalue weighted by atomic mass is 16.5. The van der Waals surface area contributed by atoms with E-state index in [0.29, 0.717) is 25.9 Å². The summed E-state index contributed by atoms with van der Waals surface area (Å²) < 4.78 is 5.48. The van der Waals surface area contributed by atoms with Crippen molar-refractivity contribution in [1.29, 1.82) is 0 Å². The number of rotatable bonds is 59. The Morgan fingerprint density at radius 1 is 0.353 bits per heavy atom. The Bertz CT molecular complexity index is 975. The first-order valence-electron chi connectivity index (χ1n) is 31.3. The average Bonchev–Trinajstić information content (AvgIpc) is 3.34. The molecule has 1 amide bonds. The molecule has 406 valence electrons. The summed E-state index contributed by atoms with van der Waals surface area (Å²) >= 11 is 0. The maximum absolute atomic E-state index is 12.5. The van der Waals surface area contributed by atoms with E-state index in [1.165, 1.54) is 276 Å². The normalized spacial score (nSPS) is 12.5. The second-order valence-corrected chi connectivity index (χ2v) is 21.8. The third-order valence-corrected chi connectivity index (χ3v) is 14.9. The fraction of sp³-hybridized carbons (Fsp3) is 0.968. The molecule has 0 heterocycles. The van der Waals surface area contributed by atoms with Crippen LogP contribution >= 0.6 is 0 Å². The van der Waals surface area contributed by atoms with Crippen LogP contribution in [-0.2, 0) is 14.3 Å². The average molecular weight is 963 g/mol. The van der Waals surface area contributed by atoms with Crippen LogP contribution in [0.2, 0.25) is 0 Å². The quantitative estimate of drug-likeness (QED) is 0.0417. The van der Waals surface area contributed by atoms with Crippen molar-refractivity contribution in [2.75, 3.05) is 13.2 Å². The van der Waals surface area contributed by atoms with Gasteiger partial charge in [0, 0.05) is 12.8 Å². The van der Waals surface area contributed by atoms with E-state index < -0.39 is 12.1 Å². The summed E-state index contributed by atoms with van der Waals surface area (Å²) in [5.74, 6) is -0.0434. The van der Waals surface area contributed by atoms with Gasteiger partial charge in [0.2, 0.25) is 5.91 Å². The van der Waals surface area contributed by atoms with E-state index >= 15 is 0 Å². The van der Waals surface area contributed by atoms with Crippen LogP contribution in [0.1, 0.15) is 361 Å². The van der Waals surface area contributed by atoms with Crippen LogP contribution in [0.3, 0.4) is 0 Å². The maximum atomic E-state index is 12.5. The van der Waals surface area contributed by atoms with Gasteiger partial charge in [-0.2, -0.15) is 0 Å². The number of aliphatic hydroxyl groups excluding tert-OH is 2. The minimum absolute atomic E-state index is 0.000851. The van der Waals surface area contributed by atoms with Crippen LogP contribution in [0, 0.1) is 0 Å². The van der Waals surface area contributed by atoms with Gasteiger partial charge in [0.1, 0.15) is 0 Å². The molecule has 0 rings (SSSR count). The molecule has 0 saturated heterocycles. The van der Waals surface area contributed by atoms with Crippen molar-refractivity contribution in [3.63, 3.8) is 0 Å². The van der Waals surface area contributed by atoms with Gasteiger partial charge >= 0.3 is 5.97 Å². The summed E-state index contributed by atoms with van der Waals surface area (Å²) in [6.45, 7) is 4.97. The van der Waals surface area contributed by atoms with Crippen molar-refractivity contribution < 1.29 is 24.5 Å². The van der Waals surface area contributed by atoms with Gasteiger partial charge in [-0.25, -0.2) is 0 Å². The molecule has 0 aliphatic carbocycles.